The van der Waals surface area contributed by atoms with E-state index < -0.39 is 6.09 Å². The minimum absolute atomic E-state index is 0.000534. The molecule has 0 aliphatic carbocycles. The molecule has 1 aliphatic rings. The lowest BCUT2D eigenvalue weighted by molar-refractivity contribution is -0.113. The van der Waals surface area contributed by atoms with Gasteiger partial charge in [0.05, 0.1) is 18.6 Å². The Morgan fingerprint density at radius 2 is 2.41 bits per heavy atom. The molecule has 0 radical (unpaired) electrons. The normalized spacial score (nSPS) is 13.6. The van der Waals surface area contributed by atoms with Gasteiger partial charge in [0.1, 0.15) is 0 Å². The van der Waals surface area contributed by atoms with Crippen molar-refractivity contribution in [2.24, 2.45) is 0 Å². The molecule has 2 N–H and O–H groups in total. The molecule has 6 heteroatoms. The minimum Gasteiger partial charge on any atom is -0.453 e. The van der Waals surface area contributed by atoms with Crippen LogP contribution in [-0.4, -0.2) is 24.9 Å². The SMILES string of the molecule is COC(=O)NCc1ccc2c(c1)NC(=O)CS2. The fourth-order valence-corrected chi connectivity index (χ4v) is 2.28. The van der Waals surface area contributed by atoms with Crippen molar-refractivity contribution in [1.29, 1.82) is 0 Å². The molecule has 0 saturated carbocycles. The Morgan fingerprint density at radius 1 is 1.59 bits per heavy atom. The number of benzene rings is 1. The second kappa shape index (κ2) is 5.09. The third-order valence-corrected chi connectivity index (χ3v) is 3.37. The molecule has 2 amide bonds. The number of hydrogen-bond donors (Lipinski definition) is 2. The fourth-order valence-electron chi connectivity index (χ4n) is 1.49. The van der Waals surface area contributed by atoms with Crippen molar-refractivity contribution in [3.63, 3.8) is 0 Å². The average molecular weight is 252 g/mol. The fraction of sp³-hybridized carbons (Fsp3) is 0.273. The Hall–Kier alpha value is -1.69. The summed E-state index contributed by atoms with van der Waals surface area (Å²) in [6.45, 7) is 0.375. The lowest BCUT2D eigenvalue weighted by Crippen LogP contribution is -2.23. The Morgan fingerprint density at radius 3 is 3.18 bits per heavy atom. The first-order chi connectivity index (χ1) is 8.19. The highest BCUT2D eigenvalue weighted by atomic mass is 32.2. The van der Waals surface area contributed by atoms with Crippen LogP contribution in [0.3, 0.4) is 0 Å². The van der Waals surface area contributed by atoms with Gasteiger partial charge in [-0.05, 0) is 17.7 Å². The first-order valence-corrected chi connectivity index (χ1v) is 6.05. The highest BCUT2D eigenvalue weighted by Crippen LogP contribution is 2.31. The number of nitrogens with one attached hydrogen (secondary N) is 2. The number of ether oxygens (including phenoxy) is 1. The van der Waals surface area contributed by atoms with Crippen LogP contribution in [0, 0.1) is 0 Å². The zero-order chi connectivity index (χ0) is 12.3. The van der Waals surface area contributed by atoms with E-state index in [9.17, 15) is 9.59 Å². The van der Waals surface area contributed by atoms with E-state index in [2.05, 4.69) is 15.4 Å². The third kappa shape index (κ3) is 2.91. The van der Waals surface area contributed by atoms with Crippen LogP contribution in [-0.2, 0) is 16.1 Å². The van der Waals surface area contributed by atoms with Crippen LogP contribution in [0.4, 0.5) is 10.5 Å². The van der Waals surface area contributed by atoms with E-state index in [4.69, 9.17) is 0 Å². The lowest BCUT2D eigenvalue weighted by atomic mass is 10.2. The smallest absolute Gasteiger partial charge is 0.407 e. The van der Waals surface area contributed by atoms with Crippen molar-refractivity contribution >= 4 is 29.4 Å². The van der Waals surface area contributed by atoms with E-state index in [1.54, 1.807) is 0 Å². The van der Waals surface area contributed by atoms with Crippen molar-refractivity contribution < 1.29 is 14.3 Å². The Labute approximate surface area is 103 Å². The van der Waals surface area contributed by atoms with Gasteiger partial charge in [0.2, 0.25) is 5.91 Å². The van der Waals surface area contributed by atoms with Crippen LogP contribution in [0.2, 0.25) is 0 Å². The van der Waals surface area contributed by atoms with Crippen LogP contribution < -0.4 is 10.6 Å². The summed E-state index contributed by atoms with van der Waals surface area (Å²) in [6, 6.07) is 5.71. The summed E-state index contributed by atoms with van der Waals surface area (Å²) in [5.74, 6) is 0.452. The summed E-state index contributed by atoms with van der Waals surface area (Å²) in [5, 5.41) is 5.38. The maximum Gasteiger partial charge on any atom is 0.407 e. The van der Waals surface area contributed by atoms with E-state index in [0.717, 1.165) is 16.1 Å². The Kier molecular flexibility index (Phi) is 3.53. The number of rotatable bonds is 2. The molecule has 1 aromatic rings. The number of methoxy groups -OCH3 is 1. The largest absolute Gasteiger partial charge is 0.453 e. The van der Waals surface area contributed by atoms with Crippen molar-refractivity contribution in [3.05, 3.63) is 23.8 Å². The Bertz CT molecular complexity index is 462. The monoisotopic (exact) mass is 252 g/mol. The van der Waals surface area contributed by atoms with E-state index in [1.807, 2.05) is 18.2 Å². The van der Waals surface area contributed by atoms with Crippen LogP contribution in [0.1, 0.15) is 5.56 Å². The second-order valence-electron chi connectivity index (χ2n) is 3.51. The van der Waals surface area contributed by atoms with Crippen LogP contribution in [0.5, 0.6) is 0 Å². The summed E-state index contributed by atoms with van der Waals surface area (Å²) in [5.41, 5.74) is 1.72. The van der Waals surface area contributed by atoms with Crippen LogP contribution >= 0.6 is 11.8 Å². The molecule has 0 atom stereocenters. The Balaban J connectivity index is 2.07. The van der Waals surface area contributed by atoms with E-state index in [0.29, 0.717) is 12.3 Å². The number of amides is 2. The average Bonchev–Trinajstić information content (AvgIpc) is 2.35. The highest BCUT2D eigenvalue weighted by Gasteiger charge is 2.15. The predicted molar refractivity (Wildman–Crippen MR) is 65.0 cm³/mol. The van der Waals surface area contributed by atoms with Crippen molar-refractivity contribution in [3.8, 4) is 0 Å². The number of anilines is 1. The highest BCUT2D eigenvalue weighted by molar-refractivity contribution is 8.00. The zero-order valence-electron chi connectivity index (χ0n) is 9.28. The van der Waals surface area contributed by atoms with Crippen LogP contribution in [0.15, 0.2) is 23.1 Å². The summed E-state index contributed by atoms with van der Waals surface area (Å²) in [4.78, 5) is 23.2. The van der Waals surface area contributed by atoms with Gasteiger partial charge in [-0.1, -0.05) is 6.07 Å². The van der Waals surface area contributed by atoms with E-state index >= 15 is 0 Å². The molecule has 0 fully saturated rings. The van der Waals surface area contributed by atoms with Crippen molar-refractivity contribution in [2.75, 3.05) is 18.2 Å². The summed E-state index contributed by atoms with van der Waals surface area (Å²) in [6.07, 6.45) is -0.471. The molecular weight excluding hydrogens is 240 g/mol. The molecule has 1 heterocycles. The maximum absolute atomic E-state index is 11.2. The molecule has 0 unspecified atom stereocenters. The van der Waals surface area contributed by atoms with Gasteiger partial charge in [-0.25, -0.2) is 4.79 Å². The molecule has 1 aliphatic heterocycles. The summed E-state index contributed by atoms with van der Waals surface area (Å²) >= 11 is 1.51. The first kappa shape index (κ1) is 11.8. The van der Waals surface area contributed by atoms with Gasteiger partial charge in [0.25, 0.3) is 0 Å². The quantitative estimate of drug-likeness (QED) is 0.838. The van der Waals surface area contributed by atoms with Gasteiger partial charge in [0, 0.05) is 11.4 Å². The van der Waals surface area contributed by atoms with Gasteiger partial charge >= 0.3 is 6.09 Å². The molecule has 2 rings (SSSR count). The summed E-state index contributed by atoms with van der Waals surface area (Å²) < 4.78 is 4.48. The number of alkyl carbamates (subject to hydrolysis) is 1. The van der Waals surface area contributed by atoms with Gasteiger partial charge in [-0.15, -0.1) is 11.8 Å². The molecule has 17 heavy (non-hydrogen) atoms. The molecular formula is C11H12N2O3S. The van der Waals surface area contributed by atoms with Gasteiger partial charge in [-0.3, -0.25) is 4.79 Å². The van der Waals surface area contributed by atoms with E-state index in [1.165, 1.54) is 18.9 Å². The molecule has 90 valence electrons. The molecule has 5 nitrogen and oxygen atoms in total. The minimum atomic E-state index is -0.471. The predicted octanol–water partition coefficient (Wildman–Crippen LogP) is 1.59. The van der Waals surface area contributed by atoms with E-state index in [-0.39, 0.29) is 5.91 Å². The van der Waals surface area contributed by atoms with Crippen molar-refractivity contribution in [1.82, 2.24) is 5.32 Å². The van der Waals surface area contributed by atoms with Crippen LogP contribution in [0.25, 0.3) is 0 Å². The number of fused-ring (bicyclic) bond motifs is 1. The third-order valence-electron chi connectivity index (χ3n) is 2.30. The number of thioether (sulfide) groups is 1. The molecule has 0 bridgehead atoms. The molecule has 1 aromatic carbocycles. The second-order valence-corrected chi connectivity index (χ2v) is 4.53. The van der Waals surface area contributed by atoms with Crippen molar-refractivity contribution in [2.45, 2.75) is 11.4 Å². The molecule has 0 aromatic heterocycles. The van der Waals surface area contributed by atoms with Gasteiger partial charge < -0.3 is 15.4 Å². The zero-order valence-corrected chi connectivity index (χ0v) is 10.1. The van der Waals surface area contributed by atoms with Gasteiger partial charge in [0.15, 0.2) is 0 Å². The molecule has 0 spiro atoms. The lowest BCUT2D eigenvalue weighted by Gasteiger charge is -2.17. The number of carbonyl (C=O) groups excluding carboxylic acids is 2. The number of hydrogen-bond acceptors (Lipinski definition) is 4. The summed E-state index contributed by atoms with van der Waals surface area (Å²) in [7, 11) is 1.32. The molecule has 0 saturated heterocycles. The standard InChI is InChI=1S/C11H12N2O3S/c1-16-11(15)12-5-7-2-3-9-8(4-7)13-10(14)6-17-9/h2-4H,5-6H2,1H3,(H,12,15)(H,13,14). The van der Waals surface area contributed by atoms with Gasteiger partial charge in [-0.2, -0.15) is 0 Å². The maximum atomic E-state index is 11.2. The topological polar surface area (TPSA) is 67.4 Å². The number of carbonyl (C=O) groups is 2. The first-order valence-electron chi connectivity index (χ1n) is 5.06.